The summed E-state index contributed by atoms with van der Waals surface area (Å²) in [7, 11) is 0. The second-order valence-corrected chi connectivity index (χ2v) is 7.21. The molecular weight excluding hydrogens is 443 g/mol. The summed E-state index contributed by atoms with van der Waals surface area (Å²) in [6.45, 7) is 1.49. The first kappa shape index (κ1) is 20.7. The average Bonchev–Trinajstić information content (AvgIpc) is 3.16. The SMILES string of the molecule is Cc1cc(Br)ccc1NC(=O)COC(=O)CCc1ncc(-c2ccc(F)cc2)o1. The number of nitrogens with zero attached hydrogens (tertiary/aromatic N) is 1. The zero-order valence-corrected chi connectivity index (χ0v) is 17.2. The van der Waals surface area contributed by atoms with Gasteiger partial charge in [-0.1, -0.05) is 15.9 Å². The van der Waals surface area contributed by atoms with Gasteiger partial charge in [0.05, 0.1) is 12.6 Å². The van der Waals surface area contributed by atoms with Gasteiger partial charge in [-0.05, 0) is 55.0 Å². The molecule has 0 spiro atoms. The maximum Gasteiger partial charge on any atom is 0.306 e. The van der Waals surface area contributed by atoms with E-state index in [-0.39, 0.29) is 25.3 Å². The summed E-state index contributed by atoms with van der Waals surface area (Å²) in [6.07, 6.45) is 1.77. The highest BCUT2D eigenvalue weighted by Crippen LogP contribution is 2.21. The number of oxazole rings is 1. The Bertz CT molecular complexity index is 1020. The lowest BCUT2D eigenvalue weighted by Gasteiger charge is -2.09. The lowest BCUT2D eigenvalue weighted by atomic mass is 10.2. The molecule has 1 amide bonds. The fourth-order valence-corrected chi connectivity index (χ4v) is 3.03. The van der Waals surface area contributed by atoms with Crippen LogP contribution < -0.4 is 5.32 Å². The summed E-state index contributed by atoms with van der Waals surface area (Å²) in [5.41, 5.74) is 2.23. The van der Waals surface area contributed by atoms with Crippen LogP contribution in [0.15, 0.2) is 57.6 Å². The highest BCUT2D eigenvalue weighted by atomic mass is 79.9. The Labute approximate surface area is 175 Å². The van der Waals surface area contributed by atoms with Crippen LogP contribution in [0, 0.1) is 12.7 Å². The Morgan fingerprint density at radius 1 is 1.21 bits per heavy atom. The van der Waals surface area contributed by atoms with Crippen molar-refractivity contribution >= 4 is 33.5 Å². The predicted octanol–water partition coefficient (Wildman–Crippen LogP) is 4.67. The van der Waals surface area contributed by atoms with Gasteiger partial charge in [-0.2, -0.15) is 0 Å². The summed E-state index contributed by atoms with van der Waals surface area (Å²) in [5.74, 6) is -0.447. The lowest BCUT2D eigenvalue weighted by Crippen LogP contribution is -2.21. The third-order valence-corrected chi connectivity index (χ3v) is 4.55. The summed E-state index contributed by atoms with van der Waals surface area (Å²) in [5, 5.41) is 2.70. The third kappa shape index (κ3) is 5.99. The van der Waals surface area contributed by atoms with Gasteiger partial charge in [0.2, 0.25) is 0 Å². The molecular formula is C21H18BrFN2O4. The van der Waals surface area contributed by atoms with Crippen LogP contribution in [-0.2, 0) is 20.7 Å². The second-order valence-electron chi connectivity index (χ2n) is 6.29. The van der Waals surface area contributed by atoms with E-state index in [1.807, 2.05) is 19.1 Å². The standard InChI is InChI=1S/C21H18BrFN2O4/c1-13-10-15(22)4-7-17(13)25-19(26)12-28-21(27)9-8-20-24-11-18(29-20)14-2-5-16(23)6-3-14/h2-7,10-11H,8-9,12H2,1H3,(H,25,26). The first-order valence-electron chi connectivity index (χ1n) is 8.83. The zero-order chi connectivity index (χ0) is 20.8. The topological polar surface area (TPSA) is 81.4 Å². The molecule has 8 heteroatoms. The first-order chi connectivity index (χ1) is 13.9. The molecule has 29 heavy (non-hydrogen) atoms. The van der Waals surface area contributed by atoms with Crippen molar-refractivity contribution in [2.24, 2.45) is 0 Å². The van der Waals surface area contributed by atoms with Crippen molar-refractivity contribution in [1.82, 2.24) is 4.98 Å². The number of esters is 1. The second kappa shape index (κ2) is 9.47. The van der Waals surface area contributed by atoms with Gasteiger partial charge in [0.25, 0.3) is 5.91 Å². The van der Waals surface area contributed by atoms with E-state index in [1.165, 1.54) is 18.3 Å². The molecule has 0 fully saturated rings. The molecule has 1 aromatic heterocycles. The molecule has 2 aromatic carbocycles. The number of anilines is 1. The summed E-state index contributed by atoms with van der Waals surface area (Å²) in [4.78, 5) is 27.9. The van der Waals surface area contributed by atoms with Crippen molar-refractivity contribution in [3.05, 3.63) is 70.4 Å². The monoisotopic (exact) mass is 460 g/mol. The van der Waals surface area contributed by atoms with Crippen molar-refractivity contribution in [3.8, 4) is 11.3 Å². The van der Waals surface area contributed by atoms with Crippen molar-refractivity contribution in [2.45, 2.75) is 19.8 Å². The van der Waals surface area contributed by atoms with Crippen LogP contribution in [0.25, 0.3) is 11.3 Å². The van der Waals surface area contributed by atoms with Crippen LogP contribution in [0.1, 0.15) is 17.9 Å². The number of ether oxygens (including phenoxy) is 1. The number of benzene rings is 2. The highest BCUT2D eigenvalue weighted by molar-refractivity contribution is 9.10. The van der Waals surface area contributed by atoms with Crippen molar-refractivity contribution in [3.63, 3.8) is 0 Å². The van der Waals surface area contributed by atoms with Gasteiger partial charge in [-0.3, -0.25) is 9.59 Å². The number of nitrogens with one attached hydrogen (secondary N) is 1. The molecule has 0 saturated heterocycles. The van der Waals surface area contributed by atoms with Gasteiger partial charge >= 0.3 is 5.97 Å². The molecule has 0 radical (unpaired) electrons. The molecule has 0 aliphatic carbocycles. The molecule has 0 saturated carbocycles. The predicted molar refractivity (Wildman–Crippen MR) is 109 cm³/mol. The fraction of sp³-hybridized carbons (Fsp3) is 0.190. The molecule has 0 aliphatic rings. The number of amides is 1. The van der Waals surface area contributed by atoms with Gasteiger partial charge < -0.3 is 14.5 Å². The smallest absolute Gasteiger partial charge is 0.306 e. The van der Waals surface area contributed by atoms with Gasteiger partial charge in [0.15, 0.2) is 18.3 Å². The summed E-state index contributed by atoms with van der Waals surface area (Å²) in [6, 6.07) is 11.3. The fourth-order valence-electron chi connectivity index (χ4n) is 2.55. The van der Waals surface area contributed by atoms with E-state index in [0.717, 1.165) is 10.0 Å². The Hall–Kier alpha value is -3.00. The number of hydrogen-bond donors (Lipinski definition) is 1. The molecule has 3 aromatic rings. The molecule has 0 atom stereocenters. The molecule has 3 rings (SSSR count). The Kier molecular flexibility index (Phi) is 6.77. The molecule has 0 aliphatic heterocycles. The number of carbonyl (C=O) groups excluding carboxylic acids is 2. The normalized spacial score (nSPS) is 10.6. The van der Waals surface area contributed by atoms with Gasteiger partial charge in [-0.25, -0.2) is 9.37 Å². The minimum atomic E-state index is -0.533. The minimum Gasteiger partial charge on any atom is -0.456 e. The van der Waals surface area contributed by atoms with Crippen LogP contribution in [0.5, 0.6) is 0 Å². The summed E-state index contributed by atoms with van der Waals surface area (Å²) < 4.78 is 24.4. The zero-order valence-electron chi connectivity index (χ0n) is 15.6. The maximum absolute atomic E-state index is 13.0. The number of aromatic nitrogens is 1. The van der Waals surface area contributed by atoms with Crippen molar-refractivity contribution < 1.29 is 23.1 Å². The molecule has 150 valence electrons. The van der Waals surface area contributed by atoms with Crippen molar-refractivity contribution in [2.75, 3.05) is 11.9 Å². The molecule has 0 unspecified atom stereocenters. The van der Waals surface area contributed by atoms with Crippen molar-refractivity contribution in [1.29, 1.82) is 0 Å². The van der Waals surface area contributed by atoms with E-state index in [0.29, 0.717) is 22.9 Å². The van der Waals surface area contributed by atoms with E-state index in [1.54, 1.807) is 18.2 Å². The van der Waals surface area contributed by atoms with Crippen LogP contribution in [0.2, 0.25) is 0 Å². The third-order valence-electron chi connectivity index (χ3n) is 4.05. The number of hydrogen-bond acceptors (Lipinski definition) is 5. The first-order valence-corrected chi connectivity index (χ1v) is 9.62. The number of carbonyl (C=O) groups is 2. The summed E-state index contributed by atoms with van der Waals surface area (Å²) >= 11 is 3.36. The maximum atomic E-state index is 13.0. The van der Waals surface area contributed by atoms with Crippen LogP contribution in [0.3, 0.4) is 0 Å². The molecule has 0 bridgehead atoms. The van der Waals surface area contributed by atoms with E-state index in [9.17, 15) is 14.0 Å². The average molecular weight is 461 g/mol. The Morgan fingerprint density at radius 2 is 1.97 bits per heavy atom. The van der Waals surface area contributed by atoms with E-state index >= 15 is 0 Å². The number of rotatable bonds is 7. The highest BCUT2D eigenvalue weighted by Gasteiger charge is 2.12. The van der Waals surface area contributed by atoms with E-state index < -0.39 is 11.9 Å². The van der Waals surface area contributed by atoms with Crippen LogP contribution in [0.4, 0.5) is 10.1 Å². The number of halogens is 2. The van der Waals surface area contributed by atoms with E-state index in [4.69, 9.17) is 9.15 Å². The lowest BCUT2D eigenvalue weighted by molar-refractivity contribution is -0.147. The number of aryl methyl sites for hydroxylation is 2. The molecule has 6 nitrogen and oxygen atoms in total. The van der Waals surface area contributed by atoms with Crippen LogP contribution in [-0.4, -0.2) is 23.5 Å². The van der Waals surface area contributed by atoms with Gasteiger partial charge in [-0.15, -0.1) is 0 Å². The minimum absolute atomic E-state index is 0.0218. The largest absolute Gasteiger partial charge is 0.456 e. The van der Waals surface area contributed by atoms with E-state index in [2.05, 4.69) is 26.2 Å². The molecule has 1 heterocycles. The molecule has 1 N–H and O–H groups in total. The van der Waals surface area contributed by atoms with Gasteiger partial charge in [0, 0.05) is 22.1 Å². The van der Waals surface area contributed by atoms with Crippen LogP contribution >= 0.6 is 15.9 Å². The Morgan fingerprint density at radius 3 is 2.69 bits per heavy atom. The van der Waals surface area contributed by atoms with Gasteiger partial charge in [0.1, 0.15) is 5.82 Å². The quantitative estimate of drug-likeness (QED) is 0.518. The Balaban J connectivity index is 1.44.